The van der Waals surface area contributed by atoms with Gasteiger partial charge in [-0.3, -0.25) is 5.41 Å². The van der Waals surface area contributed by atoms with E-state index in [-0.39, 0.29) is 16.5 Å². The second-order valence-electron chi connectivity index (χ2n) is 5.17. The zero-order valence-corrected chi connectivity index (χ0v) is 14.6. The molecule has 2 amide bonds. The molecule has 0 atom stereocenters. The lowest BCUT2D eigenvalue weighted by atomic mass is 10.2. The molecule has 0 saturated carbocycles. The molecule has 1 fully saturated rings. The molecule has 4 nitrogen and oxygen atoms in total. The summed E-state index contributed by atoms with van der Waals surface area (Å²) in [5.74, 6) is -0.717. The van der Waals surface area contributed by atoms with E-state index < -0.39 is 11.8 Å². The maximum atomic E-state index is 13.6. The van der Waals surface area contributed by atoms with Crippen LogP contribution in [-0.2, 0) is 0 Å². The van der Waals surface area contributed by atoms with Crippen molar-refractivity contribution < 1.29 is 9.18 Å². The van der Waals surface area contributed by atoms with Crippen molar-refractivity contribution in [2.75, 3.05) is 9.80 Å². The summed E-state index contributed by atoms with van der Waals surface area (Å²) in [6.07, 6.45) is 0. The van der Waals surface area contributed by atoms with Crippen molar-refractivity contribution in [2.45, 2.75) is 6.92 Å². The summed E-state index contributed by atoms with van der Waals surface area (Å²) >= 11 is 17.2. The Balaban J connectivity index is 2.10. The molecule has 2 aromatic carbocycles. The van der Waals surface area contributed by atoms with Gasteiger partial charge in [0.2, 0.25) is 0 Å². The van der Waals surface area contributed by atoms with Crippen LogP contribution < -0.4 is 9.80 Å². The number of hydrogen-bond acceptors (Lipinski definition) is 3. The fourth-order valence-electron chi connectivity index (χ4n) is 2.43. The lowest BCUT2D eigenvalue weighted by Gasteiger charge is -2.19. The van der Waals surface area contributed by atoms with Gasteiger partial charge >= 0.3 is 6.03 Å². The lowest BCUT2D eigenvalue weighted by molar-refractivity contribution is 0.257. The van der Waals surface area contributed by atoms with Crippen LogP contribution in [0.5, 0.6) is 0 Å². The zero-order chi connectivity index (χ0) is 17.6. The molecule has 1 heterocycles. The molecule has 0 radical (unpaired) electrons. The standard InChI is InChI=1S/C16H10Cl2FN3OS/c1-8-2-3-11(19)7-13(8)22-14(20)15(24)21(16(22)23)12-5-9(17)4-10(18)6-12/h2-7,20H,1H3. The normalized spacial score (nSPS) is 14.8. The molecule has 1 aliphatic rings. The van der Waals surface area contributed by atoms with Crippen LogP contribution in [0.1, 0.15) is 5.56 Å². The predicted octanol–water partition coefficient (Wildman–Crippen LogP) is 5.19. The van der Waals surface area contributed by atoms with Crippen LogP contribution in [-0.4, -0.2) is 16.9 Å². The minimum atomic E-state index is -0.586. The van der Waals surface area contributed by atoms with E-state index in [1.54, 1.807) is 6.92 Å². The highest BCUT2D eigenvalue weighted by Crippen LogP contribution is 2.33. The number of thiocarbonyl (C=S) groups is 1. The highest BCUT2D eigenvalue weighted by atomic mass is 35.5. The average molecular weight is 382 g/mol. The number of rotatable bonds is 2. The highest BCUT2D eigenvalue weighted by molar-refractivity contribution is 7.82. The van der Waals surface area contributed by atoms with Crippen LogP contribution in [0, 0.1) is 18.2 Å². The molecule has 0 aliphatic carbocycles. The Hall–Kier alpha value is -2.02. The van der Waals surface area contributed by atoms with E-state index in [2.05, 4.69) is 0 Å². The fraction of sp³-hybridized carbons (Fsp3) is 0.0625. The quantitative estimate of drug-likeness (QED) is 0.727. The third-order valence-corrected chi connectivity index (χ3v) is 4.34. The third-order valence-electron chi connectivity index (χ3n) is 3.53. The Morgan fingerprint density at radius 1 is 1.08 bits per heavy atom. The van der Waals surface area contributed by atoms with E-state index in [4.69, 9.17) is 40.8 Å². The van der Waals surface area contributed by atoms with Crippen LogP contribution in [0.15, 0.2) is 36.4 Å². The fourth-order valence-corrected chi connectivity index (χ4v) is 3.22. The van der Waals surface area contributed by atoms with Crippen LogP contribution in [0.25, 0.3) is 0 Å². The average Bonchev–Trinajstić information content (AvgIpc) is 2.71. The first kappa shape index (κ1) is 16.8. The molecule has 1 saturated heterocycles. The van der Waals surface area contributed by atoms with Crippen molar-refractivity contribution in [1.29, 1.82) is 5.41 Å². The molecule has 1 aliphatic heterocycles. The second-order valence-corrected chi connectivity index (χ2v) is 6.43. The van der Waals surface area contributed by atoms with Crippen molar-refractivity contribution in [3.63, 3.8) is 0 Å². The lowest BCUT2D eigenvalue weighted by Crippen LogP contribution is -2.33. The Bertz CT molecular complexity index is 883. The molecule has 8 heteroatoms. The van der Waals surface area contributed by atoms with Gasteiger partial charge in [-0.25, -0.2) is 19.0 Å². The molecule has 0 aromatic heterocycles. The first-order valence-corrected chi connectivity index (χ1v) is 7.95. The first-order chi connectivity index (χ1) is 11.3. The van der Waals surface area contributed by atoms with Crippen LogP contribution in [0.3, 0.4) is 0 Å². The molecule has 24 heavy (non-hydrogen) atoms. The number of amides is 2. The third kappa shape index (κ3) is 2.77. The van der Waals surface area contributed by atoms with E-state index in [0.29, 0.717) is 21.3 Å². The minimum absolute atomic E-state index is 0.0120. The molecule has 3 rings (SSSR count). The van der Waals surface area contributed by atoms with Gasteiger partial charge in [0.25, 0.3) is 0 Å². The summed E-state index contributed by atoms with van der Waals surface area (Å²) in [5.41, 5.74) is 1.26. The van der Waals surface area contributed by atoms with Crippen LogP contribution in [0.2, 0.25) is 10.0 Å². The summed E-state index contributed by atoms with van der Waals surface area (Å²) in [7, 11) is 0. The minimum Gasteiger partial charge on any atom is -0.281 e. The topological polar surface area (TPSA) is 47.4 Å². The molecule has 1 N–H and O–H groups in total. The van der Waals surface area contributed by atoms with Crippen LogP contribution >= 0.6 is 35.4 Å². The highest BCUT2D eigenvalue weighted by Gasteiger charge is 2.41. The number of benzene rings is 2. The number of urea groups is 1. The Labute approximate surface area is 152 Å². The van der Waals surface area contributed by atoms with E-state index in [1.165, 1.54) is 36.4 Å². The molecule has 0 bridgehead atoms. The maximum absolute atomic E-state index is 13.6. The summed E-state index contributed by atoms with van der Waals surface area (Å²) in [6, 6.07) is 7.99. The second kappa shape index (κ2) is 6.12. The Kier molecular flexibility index (Phi) is 4.29. The van der Waals surface area contributed by atoms with Gasteiger partial charge in [-0.15, -0.1) is 0 Å². The van der Waals surface area contributed by atoms with E-state index in [0.717, 1.165) is 9.80 Å². The van der Waals surface area contributed by atoms with E-state index in [9.17, 15) is 9.18 Å². The Morgan fingerprint density at radius 2 is 1.71 bits per heavy atom. The number of aryl methyl sites for hydroxylation is 1. The van der Waals surface area contributed by atoms with Crippen molar-refractivity contribution in [2.24, 2.45) is 0 Å². The molecule has 2 aromatic rings. The summed E-state index contributed by atoms with van der Waals surface area (Å²) in [6.45, 7) is 1.72. The molecule has 0 unspecified atom stereocenters. The van der Waals surface area contributed by atoms with Gasteiger partial charge in [0.15, 0.2) is 10.8 Å². The number of carbonyl (C=O) groups is 1. The van der Waals surface area contributed by atoms with E-state index in [1.807, 2.05) is 0 Å². The zero-order valence-electron chi connectivity index (χ0n) is 12.3. The number of anilines is 2. The summed E-state index contributed by atoms with van der Waals surface area (Å²) in [4.78, 5) is 15.0. The largest absolute Gasteiger partial charge is 0.340 e. The number of halogens is 3. The van der Waals surface area contributed by atoms with Crippen LogP contribution in [0.4, 0.5) is 20.6 Å². The number of hydrogen-bond donors (Lipinski definition) is 1. The maximum Gasteiger partial charge on any atom is 0.340 e. The number of nitrogens with one attached hydrogen (secondary N) is 1. The molecule has 0 spiro atoms. The van der Waals surface area contributed by atoms with Gasteiger partial charge in [-0.2, -0.15) is 0 Å². The van der Waals surface area contributed by atoms with Gasteiger partial charge in [-0.05, 0) is 42.8 Å². The van der Waals surface area contributed by atoms with Crippen molar-refractivity contribution in [3.05, 3.63) is 57.8 Å². The number of nitrogens with zero attached hydrogens (tertiary/aromatic N) is 2. The van der Waals surface area contributed by atoms with Gasteiger partial charge < -0.3 is 0 Å². The summed E-state index contributed by atoms with van der Waals surface area (Å²) in [5, 5.41) is 8.83. The molecule has 122 valence electrons. The summed E-state index contributed by atoms with van der Waals surface area (Å²) < 4.78 is 13.6. The molecular formula is C16H10Cl2FN3OS. The smallest absolute Gasteiger partial charge is 0.281 e. The Morgan fingerprint density at radius 3 is 2.33 bits per heavy atom. The van der Waals surface area contributed by atoms with Crippen molar-refractivity contribution in [3.8, 4) is 0 Å². The van der Waals surface area contributed by atoms with Crippen molar-refractivity contribution >= 4 is 63.6 Å². The molecular weight excluding hydrogens is 372 g/mol. The van der Waals surface area contributed by atoms with E-state index >= 15 is 0 Å². The van der Waals surface area contributed by atoms with Gasteiger partial charge in [0, 0.05) is 10.0 Å². The van der Waals surface area contributed by atoms with Gasteiger partial charge in [0.05, 0.1) is 11.4 Å². The van der Waals surface area contributed by atoms with Gasteiger partial charge in [-0.1, -0.05) is 41.5 Å². The number of amidine groups is 1. The monoisotopic (exact) mass is 381 g/mol. The first-order valence-electron chi connectivity index (χ1n) is 6.79. The number of carbonyl (C=O) groups excluding carboxylic acids is 1. The SMILES string of the molecule is Cc1ccc(F)cc1N1C(=N)C(=S)N(c2cc(Cl)cc(Cl)c2)C1=O. The van der Waals surface area contributed by atoms with Gasteiger partial charge in [0.1, 0.15) is 5.82 Å². The predicted molar refractivity (Wildman–Crippen MR) is 98.3 cm³/mol. The van der Waals surface area contributed by atoms with Crippen molar-refractivity contribution in [1.82, 2.24) is 0 Å².